The number of rotatable bonds is 3. The Morgan fingerprint density at radius 3 is 2.71 bits per heavy atom. The van der Waals surface area contributed by atoms with E-state index in [0.29, 0.717) is 19.5 Å². The predicted octanol–water partition coefficient (Wildman–Crippen LogP) is 1.09. The molecule has 0 aromatic heterocycles. The van der Waals surface area contributed by atoms with E-state index in [4.69, 9.17) is 0 Å². The molecule has 3 rings (SSSR count). The highest BCUT2D eigenvalue weighted by atomic mass is 32.2. The Labute approximate surface area is 128 Å². The molecule has 2 heterocycles. The van der Waals surface area contributed by atoms with Crippen LogP contribution in [0, 0.1) is 5.92 Å². The van der Waals surface area contributed by atoms with Crippen LogP contribution in [0.4, 0.5) is 0 Å². The monoisotopic (exact) mass is 316 g/mol. The minimum atomic E-state index is -3.20. The molecule has 0 aromatic carbocycles. The van der Waals surface area contributed by atoms with Gasteiger partial charge in [-0.05, 0) is 38.6 Å². The summed E-state index contributed by atoms with van der Waals surface area (Å²) in [5, 5.41) is 14.0. The fraction of sp³-hybridized carbons (Fsp3) is 1.00. The molecule has 0 amide bonds. The van der Waals surface area contributed by atoms with E-state index in [9.17, 15) is 13.5 Å². The van der Waals surface area contributed by atoms with Crippen LogP contribution in [-0.2, 0) is 10.0 Å². The van der Waals surface area contributed by atoms with E-state index in [0.717, 1.165) is 51.5 Å². The molecule has 0 bridgehead atoms. The first-order chi connectivity index (χ1) is 10.00. The van der Waals surface area contributed by atoms with Crippen molar-refractivity contribution in [3.63, 3.8) is 0 Å². The van der Waals surface area contributed by atoms with Crippen LogP contribution in [0.3, 0.4) is 0 Å². The minimum absolute atomic E-state index is 0.107. The maximum atomic E-state index is 12.6. The van der Waals surface area contributed by atoms with Gasteiger partial charge in [0.05, 0.1) is 11.4 Å². The molecule has 2 aliphatic heterocycles. The van der Waals surface area contributed by atoms with Gasteiger partial charge in [0, 0.05) is 25.0 Å². The lowest BCUT2D eigenvalue weighted by molar-refractivity contribution is -0.0816. The predicted molar refractivity (Wildman–Crippen MR) is 82.5 cm³/mol. The first kappa shape index (κ1) is 15.7. The number of aliphatic hydroxyl groups is 1. The summed E-state index contributed by atoms with van der Waals surface area (Å²) in [5.41, 5.74) is -0.604. The lowest BCUT2D eigenvalue weighted by Crippen LogP contribution is -2.56. The number of hydrogen-bond acceptors (Lipinski definition) is 4. The van der Waals surface area contributed by atoms with Gasteiger partial charge in [0.2, 0.25) is 10.0 Å². The third-order valence-corrected chi connectivity index (χ3v) is 7.55. The number of nitrogens with zero attached hydrogens (tertiary/aromatic N) is 1. The molecule has 5 nitrogen and oxygen atoms in total. The smallest absolute Gasteiger partial charge is 0.215 e. The molecule has 3 unspecified atom stereocenters. The van der Waals surface area contributed by atoms with Crippen molar-refractivity contribution in [2.75, 3.05) is 25.4 Å². The fourth-order valence-electron chi connectivity index (χ4n) is 4.22. The number of fused-ring (bicyclic) bond motifs is 1. The Morgan fingerprint density at radius 1 is 1.14 bits per heavy atom. The van der Waals surface area contributed by atoms with Crippen LogP contribution in [0.25, 0.3) is 0 Å². The van der Waals surface area contributed by atoms with Crippen LogP contribution < -0.4 is 5.32 Å². The highest BCUT2D eigenvalue weighted by Crippen LogP contribution is 2.40. The van der Waals surface area contributed by atoms with Crippen molar-refractivity contribution in [1.82, 2.24) is 9.62 Å². The Kier molecular flexibility index (Phi) is 4.60. The summed E-state index contributed by atoms with van der Waals surface area (Å²) >= 11 is 0. The van der Waals surface area contributed by atoms with Crippen molar-refractivity contribution < 1.29 is 13.5 Å². The van der Waals surface area contributed by atoms with Gasteiger partial charge >= 0.3 is 0 Å². The van der Waals surface area contributed by atoms with Gasteiger partial charge in [-0.25, -0.2) is 12.7 Å². The Hall–Kier alpha value is -0.170. The van der Waals surface area contributed by atoms with Crippen LogP contribution in [0.2, 0.25) is 0 Å². The summed E-state index contributed by atoms with van der Waals surface area (Å²) in [6.07, 6.45) is 7.83. The topological polar surface area (TPSA) is 69.6 Å². The van der Waals surface area contributed by atoms with E-state index in [1.165, 1.54) is 0 Å². The molecule has 3 fully saturated rings. The molecule has 3 aliphatic rings. The summed E-state index contributed by atoms with van der Waals surface area (Å²) in [5.74, 6) is 0.354. The summed E-state index contributed by atoms with van der Waals surface area (Å²) in [4.78, 5) is 0. The van der Waals surface area contributed by atoms with E-state index in [1.54, 1.807) is 4.31 Å². The van der Waals surface area contributed by atoms with Gasteiger partial charge in [-0.2, -0.15) is 0 Å². The van der Waals surface area contributed by atoms with E-state index in [1.807, 2.05) is 0 Å². The maximum Gasteiger partial charge on any atom is 0.215 e. The summed E-state index contributed by atoms with van der Waals surface area (Å²) in [6.45, 7) is 1.94. The molecule has 0 spiro atoms. The van der Waals surface area contributed by atoms with Gasteiger partial charge in [0.25, 0.3) is 0 Å². The zero-order valence-electron chi connectivity index (χ0n) is 12.8. The first-order valence-corrected chi connectivity index (χ1v) is 10.0. The van der Waals surface area contributed by atoms with Crippen molar-refractivity contribution >= 4 is 10.0 Å². The van der Waals surface area contributed by atoms with E-state index < -0.39 is 15.6 Å². The summed E-state index contributed by atoms with van der Waals surface area (Å²) < 4.78 is 26.9. The molecule has 3 atom stereocenters. The van der Waals surface area contributed by atoms with Crippen LogP contribution in [0.5, 0.6) is 0 Å². The maximum absolute atomic E-state index is 12.6. The van der Waals surface area contributed by atoms with Gasteiger partial charge in [-0.3, -0.25) is 0 Å². The van der Waals surface area contributed by atoms with Crippen molar-refractivity contribution in [3.05, 3.63) is 0 Å². The third kappa shape index (κ3) is 3.44. The fourth-order valence-corrected chi connectivity index (χ4v) is 6.00. The Balaban J connectivity index is 1.63. The molecular weight excluding hydrogens is 288 g/mol. The average molecular weight is 316 g/mol. The van der Waals surface area contributed by atoms with Crippen LogP contribution in [0.15, 0.2) is 0 Å². The summed E-state index contributed by atoms with van der Waals surface area (Å²) in [6, 6.07) is 0.107. The highest BCUT2D eigenvalue weighted by molar-refractivity contribution is 7.89. The van der Waals surface area contributed by atoms with Crippen molar-refractivity contribution in [2.24, 2.45) is 5.92 Å². The normalized spacial score (nSPS) is 38.9. The van der Waals surface area contributed by atoms with Crippen molar-refractivity contribution in [3.8, 4) is 0 Å². The molecule has 1 aliphatic carbocycles. The SMILES string of the molecule is O=S(=O)(CC1CCCCN1)N1CCC2(O)CCCCC2C1. The first-order valence-electron chi connectivity index (χ1n) is 8.43. The van der Waals surface area contributed by atoms with Gasteiger partial charge in [-0.15, -0.1) is 0 Å². The van der Waals surface area contributed by atoms with Crippen molar-refractivity contribution in [1.29, 1.82) is 0 Å². The van der Waals surface area contributed by atoms with Crippen molar-refractivity contribution in [2.45, 2.75) is 63.0 Å². The van der Waals surface area contributed by atoms with Crippen LogP contribution in [-0.4, -0.2) is 54.9 Å². The second-order valence-electron chi connectivity index (χ2n) is 7.08. The number of sulfonamides is 1. The standard InChI is InChI=1S/C15H28N2O3S/c18-15-7-3-1-5-13(15)11-17(10-8-15)21(19,20)12-14-6-2-4-9-16-14/h13-14,16,18H,1-12H2. The van der Waals surface area contributed by atoms with Gasteiger partial charge in [-0.1, -0.05) is 19.3 Å². The zero-order valence-corrected chi connectivity index (χ0v) is 13.6. The lowest BCUT2D eigenvalue weighted by Gasteiger charge is -2.47. The number of piperidine rings is 2. The van der Waals surface area contributed by atoms with Crippen LogP contribution >= 0.6 is 0 Å². The van der Waals surface area contributed by atoms with E-state index in [-0.39, 0.29) is 17.7 Å². The molecule has 2 saturated heterocycles. The second kappa shape index (κ2) is 6.14. The van der Waals surface area contributed by atoms with Gasteiger partial charge in [0.15, 0.2) is 0 Å². The third-order valence-electron chi connectivity index (χ3n) is 5.61. The lowest BCUT2D eigenvalue weighted by atomic mass is 9.72. The second-order valence-corrected chi connectivity index (χ2v) is 9.09. The molecule has 0 aromatic rings. The molecule has 0 radical (unpaired) electrons. The molecule has 21 heavy (non-hydrogen) atoms. The van der Waals surface area contributed by atoms with Gasteiger partial charge < -0.3 is 10.4 Å². The van der Waals surface area contributed by atoms with E-state index in [2.05, 4.69) is 5.32 Å². The molecule has 6 heteroatoms. The average Bonchev–Trinajstić information content (AvgIpc) is 2.46. The van der Waals surface area contributed by atoms with Crippen LogP contribution in [0.1, 0.15) is 51.4 Å². The quantitative estimate of drug-likeness (QED) is 0.818. The molecule has 2 N–H and O–H groups in total. The van der Waals surface area contributed by atoms with Gasteiger partial charge in [0.1, 0.15) is 0 Å². The largest absolute Gasteiger partial charge is 0.390 e. The molecule has 1 saturated carbocycles. The molecular formula is C15H28N2O3S. The number of hydrogen-bond donors (Lipinski definition) is 2. The number of nitrogens with one attached hydrogen (secondary N) is 1. The molecule has 122 valence electrons. The highest BCUT2D eigenvalue weighted by Gasteiger charge is 2.45. The zero-order chi connectivity index (χ0) is 14.9. The van der Waals surface area contributed by atoms with E-state index >= 15 is 0 Å². The Morgan fingerprint density at radius 2 is 1.95 bits per heavy atom. The minimum Gasteiger partial charge on any atom is -0.390 e. The summed E-state index contributed by atoms with van der Waals surface area (Å²) in [7, 11) is -3.20. The Bertz CT molecular complexity index is 462.